The van der Waals surface area contributed by atoms with E-state index in [4.69, 9.17) is 15.2 Å². The molecule has 0 aromatic heterocycles. The number of carbonyl (C=O) groups excluding carboxylic acids is 7. The average molecular weight is 754 g/mol. The summed E-state index contributed by atoms with van der Waals surface area (Å²) in [4.78, 5) is 94.3. The molecule has 300 valence electrons. The molecule has 3 unspecified atom stereocenters. The summed E-state index contributed by atoms with van der Waals surface area (Å²) in [6, 6.07) is 7.86. The molecule has 0 spiro atoms. The molecule has 1 saturated heterocycles. The van der Waals surface area contributed by atoms with E-state index in [-0.39, 0.29) is 75.2 Å². The van der Waals surface area contributed by atoms with Crippen molar-refractivity contribution >= 4 is 41.0 Å². The van der Waals surface area contributed by atoms with Crippen LogP contribution in [0.5, 0.6) is 0 Å². The van der Waals surface area contributed by atoms with Gasteiger partial charge in [0.05, 0.1) is 37.7 Å². The van der Waals surface area contributed by atoms with Gasteiger partial charge in [0, 0.05) is 38.1 Å². The molecular formula is C42H63N3O9. The van der Waals surface area contributed by atoms with Crippen molar-refractivity contribution in [2.45, 2.75) is 149 Å². The number of primary amides is 1. The lowest BCUT2D eigenvalue weighted by Gasteiger charge is -2.34. The van der Waals surface area contributed by atoms with E-state index in [0.717, 1.165) is 44.1 Å². The summed E-state index contributed by atoms with van der Waals surface area (Å²) in [5.41, 5.74) is 6.37. The molecule has 3 N–H and O–H groups in total. The Morgan fingerprint density at radius 2 is 1.61 bits per heavy atom. The largest absolute Gasteiger partial charge is 0.465 e. The number of nitrogens with zero attached hydrogens (tertiary/aromatic N) is 1. The number of unbranched alkanes of at least 4 members (excludes halogenated alkanes) is 1. The number of nitrogens with two attached hydrogens (primary N) is 1. The Bertz CT molecular complexity index is 1410. The molecule has 1 saturated carbocycles. The van der Waals surface area contributed by atoms with Crippen LogP contribution in [0.15, 0.2) is 30.3 Å². The maximum absolute atomic E-state index is 14.6. The van der Waals surface area contributed by atoms with Crippen molar-refractivity contribution in [1.82, 2.24) is 10.2 Å². The van der Waals surface area contributed by atoms with Gasteiger partial charge in [0.25, 0.3) is 0 Å². The van der Waals surface area contributed by atoms with Gasteiger partial charge in [0.2, 0.25) is 23.5 Å². The average Bonchev–Trinajstić information content (AvgIpc) is 3.60. The number of Topliss-reactive ketones (excluding diaryl/α,β-unsaturated/α-hetero) is 3. The first kappa shape index (κ1) is 44.5. The topological polar surface area (TPSA) is 179 Å². The maximum Gasteiger partial charge on any atom is 0.306 e. The highest BCUT2D eigenvalue weighted by Gasteiger charge is 2.45. The lowest BCUT2D eigenvalue weighted by Crippen LogP contribution is -2.47. The predicted molar refractivity (Wildman–Crippen MR) is 204 cm³/mol. The number of esters is 1. The molecule has 1 aromatic carbocycles. The molecule has 1 heterocycles. The van der Waals surface area contributed by atoms with Gasteiger partial charge in [-0.05, 0) is 43.1 Å². The molecule has 54 heavy (non-hydrogen) atoms. The van der Waals surface area contributed by atoms with Crippen LogP contribution in [-0.4, -0.2) is 77.3 Å². The van der Waals surface area contributed by atoms with E-state index in [1.165, 1.54) is 0 Å². The van der Waals surface area contributed by atoms with Crippen LogP contribution in [0.1, 0.15) is 130 Å². The fourth-order valence-corrected chi connectivity index (χ4v) is 7.55. The number of hydrogen-bond donors (Lipinski definition) is 2. The van der Waals surface area contributed by atoms with Gasteiger partial charge >= 0.3 is 5.97 Å². The van der Waals surface area contributed by atoms with Crippen LogP contribution < -0.4 is 11.1 Å². The van der Waals surface area contributed by atoms with Crippen molar-refractivity contribution < 1.29 is 43.0 Å². The quantitative estimate of drug-likeness (QED) is 0.103. The summed E-state index contributed by atoms with van der Waals surface area (Å²) in [6.45, 7) is 8.41. The van der Waals surface area contributed by atoms with Crippen LogP contribution in [0, 0.1) is 23.7 Å². The smallest absolute Gasteiger partial charge is 0.306 e. The first-order chi connectivity index (χ1) is 25.8. The van der Waals surface area contributed by atoms with Crippen LogP contribution in [0.4, 0.5) is 0 Å². The number of carbonyl (C=O) groups is 7. The summed E-state index contributed by atoms with van der Waals surface area (Å²) in [6.07, 6.45) is 6.12. The van der Waals surface area contributed by atoms with Crippen molar-refractivity contribution in [2.75, 3.05) is 13.2 Å². The van der Waals surface area contributed by atoms with Gasteiger partial charge in [-0.3, -0.25) is 33.6 Å². The molecule has 3 rings (SSSR count). The molecular weight excluding hydrogens is 690 g/mol. The SMILES string of the molecule is CCCCC(NC(=O)CCC(=O)C(=O)C(CCC)CC(=O)[C@@H]1C[C@@H](OCc2ccccc2)CN1C(=O)C(CC(=O)OCC(C)C)C1CCCCC1)C(N)=O. The number of amides is 3. The Morgan fingerprint density at radius 1 is 0.907 bits per heavy atom. The molecule has 12 heteroatoms. The van der Waals surface area contributed by atoms with Gasteiger partial charge in [-0.2, -0.15) is 0 Å². The molecule has 2 fully saturated rings. The van der Waals surface area contributed by atoms with Crippen LogP contribution in [-0.2, 0) is 49.6 Å². The number of rotatable bonds is 24. The molecule has 12 nitrogen and oxygen atoms in total. The zero-order valence-electron chi connectivity index (χ0n) is 32.9. The van der Waals surface area contributed by atoms with Crippen LogP contribution in [0.3, 0.4) is 0 Å². The number of nitrogens with one attached hydrogen (secondary N) is 1. The third-order valence-corrected chi connectivity index (χ3v) is 10.6. The fourth-order valence-electron chi connectivity index (χ4n) is 7.55. The van der Waals surface area contributed by atoms with Gasteiger partial charge in [-0.25, -0.2) is 0 Å². The van der Waals surface area contributed by atoms with Crippen molar-refractivity contribution in [2.24, 2.45) is 29.4 Å². The van der Waals surface area contributed by atoms with E-state index in [1.54, 1.807) is 4.90 Å². The second-order valence-electron chi connectivity index (χ2n) is 15.6. The Morgan fingerprint density at radius 3 is 2.24 bits per heavy atom. The van der Waals surface area contributed by atoms with Crippen molar-refractivity contribution in [3.8, 4) is 0 Å². The highest BCUT2D eigenvalue weighted by molar-refractivity contribution is 6.38. The molecule has 1 aromatic rings. The second kappa shape index (κ2) is 23.1. The van der Waals surface area contributed by atoms with E-state index < -0.39 is 59.4 Å². The first-order valence-corrected chi connectivity index (χ1v) is 20.1. The maximum atomic E-state index is 14.6. The van der Waals surface area contributed by atoms with Gasteiger partial charge in [0.1, 0.15) is 6.04 Å². The Labute approximate surface area is 321 Å². The van der Waals surface area contributed by atoms with E-state index >= 15 is 0 Å². The van der Waals surface area contributed by atoms with E-state index in [0.29, 0.717) is 25.9 Å². The van der Waals surface area contributed by atoms with Gasteiger partial charge in [-0.15, -0.1) is 0 Å². The summed E-state index contributed by atoms with van der Waals surface area (Å²) in [5, 5.41) is 2.56. The molecule has 0 radical (unpaired) electrons. The number of ketones is 3. The van der Waals surface area contributed by atoms with Crippen LogP contribution in [0.25, 0.3) is 0 Å². The molecule has 0 bridgehead atoms. The summed E-state index contributed by atoms with van der Waals surface area (Å²) < 4.78 is 11.8. The second-order valence-corrected chi connectivity index (χ2v) is 15.6. The standard InChI is InChI=1S/C42H63N3O9/c1-5-7-19-34(41(43)51)44-38(48)21-20-36(46)40(50)31(14-6-2)22-37(47)35-23-32(53-27-29-15-10-8-11-16-29)25-45(35)42(52)33(30-17-12-9-13-18-30)24-39(49)54-26-28(3)4/h8,10-11,15-16,28,30-35H,5-7,9,12-14,17-27H2,1-4H3,(H2,43,51)(H,44,48)/t31?,32-,33?,34?,35+/m1/s1. The van der Waals surface area contributed by atoms with Crippen molar-refractivity contribution in [3.63, 3.8) is 0 Å². The zero-order chi connectivity index (χ0) is 39.6. The number of likely N-dealkylation sites (tertiary alicyclic amines) is 1. The Hall–Kier alpha value is -3.93. The zero-order valence-corrected chi connectivity index (χ0v) is 32.9. The minimum absolute atomic E-state index is 0.0213. The third kappa shape index (κ3) is 14.4. The Kier molecular flexibility index (Phi) is 19.0. The molecule has 2 aliphatic rings. The summed E-state index contributed by atoms with van der Waals surface area (Å²) in [7, 11) is 0. The van der Waals surface area contributed by atoms with E-state index in [2.05, 4.69) is 5.32 Å². The van der Waals surface area contributed by atoms with Gasteiger partial charge in [0.15, 0.2) is 11.6 Å². The summed E-state index contributed by atoms with van der Waals surface area (Å²) in [5.74, 6) is -5.19. The highest BCUT2D eigenvalue weighted by Crippen LogP contribution is 2.36. The number of hydrogen-bond acceptors (Lipinski definition) is 9. The van der Waals surface area contributed by atoms with Crippen LogP contribution in [0.2, 0.25) is 0 Å². The first-order valence-electron chi connectivity index (χ1n) is 20.1. The lowest BCUT2D eigenvalue weighted by atomic mass is 9.77. The summed E-state index contributed by atoms with van der Waals surface area (Å²) >= 11 is 0. The highest BCUT2D eigenvalue weighted by atomic mass is 16.5. The number of benzene rings is 1. The normalized spacial score (nSPS) is 19.2. The molecule has 5 atom stereocenters. The monoisotopic (exact) mass is 753 g/mol. The third-order valence-electron chi connectivity index (χ3n) is 10.6. The van der Waals surface area contributed by atoms with Gasteiger partial charge in [-0.1, -0.05) is 96.6 Å². The molecule has 1 aliphatic carbocycles. The molecule has 3 amide bonds. The van der Waals surface area contributed by atoms with Crippen molar-refractivity contribution in [3.05, 3.63) is 35.9 Å². The predicted octanol–water partition coefficient (Wildman–Crippen LogP) is 5.41. The van der Waals surface area contributed by atoms with Crippen molar-refractivity contribution in [1.29, 1.82) is 0 Å². The minimum Gasteiger partial charge on any atom is -0.465 e. The molecule has 1 aliphatic heterocycles. The van der Waals surface area contributed by atoms with Crippen LogP contribution >= 0.6 is 0 Å². The fraction of sp³-hybridized carbons (Fsp3) is 0.690. The minimum atomic E-state index is -0.914. The van der Waals surface area contributed by atoms with E-state index in [1.807, 2.05) is 58.0 Å². The number of ether oxygens (including phenoxy) is 2. The van der Waals surface area contributed by atoms with E-state index in [9.17, 15) is 33.6 Å². The lowest BCUT2D eigenvalue weighted by molar-refractivity contribution is -0.152. The Balaban J connectivity index is 1.78. The van der Waals surface area contributed by atoms with Gasteiger partial charge < -0.3 is 25.4 Å².